The van der Waals surface area contributed by atoms with Crippen molar-refractivity contribution in [1.82, 2.24) is 5.32 Å². The van der Waals surface area contributed by atoms with Gasteiger partial charge in [-0.3, -0.25) is 4.79 Å². The van der Waals surface area contributed by atoms with Gasteiger partial charge < -0.3 is 5.32 Å². The number of carbonyl (C=O) groups excluding carboxylic acids is 1. The molecule has 0 aromatic carbocycles. The second-order valence-electron chi connectivity index (χ2n) is 2.82. The van der Waals surface area contributed by atoms with Crippen LogP contribution in [-0.2, 0) is 4.79 Å². The third-order valence-electron chi connectivity index (χ3n) is 1.97. The Hall–Kier alpha value is -1.53. The van der Waals surface area contributed by atoms with Gasteiger partial charge in [-0.2, -0.15) is 0 Å². The minimum Gasteiger partial charge on any atom is -0.326 e. The normalized spacial score (nSPS) is 20.5. The number of hydrogen-bond donors (Lipinski definition) is 1. The van der Waals surface area contributed by atoms with E-state index >= 15 is 0 Å². The van der Waals surface area contributed by atoms with E-state index < -0.39 is 0 Å². The Bertz CT molecular complexity index is 341. The van der Waals surface area contributed by atoms with Gasteiger partial charge in [0.15, 0.2) is 0 Å². The maximum absolute atomic E-state index is 11.0. The first-order valence-corrected chi connectivity index (χ1v) is 3.98. The quantitative estimate of drug-likeness (QED) is 0.532. The molecular weight excluding hydrogens is 150 g/mol. The molecule has 2 rings (SSSR count). The van der Waals surface area contributed by atoms with Gasteiger partial charge in [-0.15, -0.1) is 5.73 Å². The van der Waals surface area contributed by atoms with Crippen LogP contribution < -0.4 is 5.32 Å². The van der Waals surface area contributed by atoms with Crippen LogP contribution in [0.4, 0.5) is 0 Å². The Morgan fingerprint density at radius 3 is 3.00 bits per heavy atom. The van der Waals surface area contributed by atoms with Crippen LogP contribution in [0.25, 0.3) is 0 Å². The number of fused-ring (bicyclic) bond motifs is 1. The molecule has 1 fully saturated rings. The van der Waals surface area contributed by atoms with E-state index in [0.717, 1.165) is 12.1 Å². The summed E-state index contributed by atoms with van der Waals surface area (Å²) in [5.74, 6) is 0.105. The third kappa shape index (κ3) is 1.25. The average molecular weight is 159 g/mol. The summed E-state index contributed by atoms with van der Waals surface area (Å²) in [4.78, 5) is 11.0. The summed E-state index contributed by atoms with van der Waals surface area (Å²) in [5.41, 5.74) is 5.08. The van der Waals surface area contributed by atoms with Gasteiger partial charge in [0.2, 0.25) is 5.91 Å². The number of allylic oxidation sites excluding steroid dienone is 4. The van der Waals surface area contributed by atoms with Crippen LogP contribution in [0.1, 0.15) is 12.8 Å². The van der Waals surface area contributed by atoms with Crippen LogP contribution in [0.2, 0.25) is 0 Å². The Morgan fingerprint density at radius 1 is 1.25 bits per heavy atom. The molecular formula is C10H9NO. The smallest absolute Gasteiger partial charge is 0.224 e. The standard InChI is InChI=1S/C10H9NO/c12-10-7-6-8-4-2-1-3-5-9(8)11-10/h2-5H,6-7H2,(H,11,12). The molecule has 0 aromatic rings. The summed E-state index contributed by atoms with van der Waals surface area (Å²) < 4.78 is 0. The van der Waals surface area contributed by atoms with Gasteiger partial charge in [0.25, 0.3) is 0 Å². The molecule has 0 unspecified atom stereocenters. The lowest BCUT2D eigenvalue weighted by molar-refractivity contribution is -0.120. The lowest BCUT2D eigenvalue weighted by atomic mass is 10.0. The monoisotopic (exact) mass is 159 g/mol. The first kappa shape index (κ1) is 7.14. The van der Waals surface area contributed by atoms with Crippen molar-refractivity contribution < 1.29 is 4.79 Å². The highest BCUT2D eigenvalue weighted by molar-refractivity contribution is 5.81. The van der Waals surface area contributed by atoms with Gasteiger partial charge in [0, 0.05) is 12.1 Å². The van der Waals surface area contributed by atoms with Crippen molar-refractivity contribution in [2.45, 2.75) is 12.8 Å². The molecule has 1 heterocycles. The van der Waals surface area contributed by atoms with E-state index in [2.05, 4.69) is 11.0 Å². The molecule has 0 bridgehead atoms. The fourth-order valence-electron chi connectivity index (χ4n) is 1.33. The van der Waals surface area contributed by atoms with Crippen LogP contribution in [-0.4, -0.2) is 5.91 Å². The summed E-state index contributed by atoms with van der Waals surface area (Å²) in [6.45, 7) is 0. The first-order valence-electron chi connectivity index (χ1n) is 3.98. The summed E-state index contributed by atoms with van der Waals surface area (Å²) >= 11 is 0. The Balaban J connectivity index is 2.34. The van der Waals surface area contributed by atoms with Crippen LogP contribution in [0.3, 0.4) is 0 Å². The predicted molar refractivity (Wildman–Crippen MR) is 46.2 cm³/mol. The zero-order chi connectivity index (χ0) is 8.39. The van der Waals surface area contributed by atoms with E-state index in [1.54, 1.807) is 0 Å². The third-order valence-corrected chi connectivity index (χ3v) is 1.97. The minimum absolute atomic E-state index is 0.105. The first-order chi connectivity index (χ1) is 5.86. The Kier molecular flexibility index (Phi) is 1.69. The summed E-state index contributed by atoms with van der Waals surface area (Å²) in [5, 5.41) is 2.82. The molecule has 2 heteroatoms. The Morgan fingerprint density at radius 2 is 2.08 bits per heavy atom. The molecule has 60 valence electrons. The molecule has 0 saturated carbocycles. The molecule has 0 spiro atoms. The zero-order valence-corrected chi connectivity index (χ0v) is 6.63. The highest BCUT2D eigenvalue weighted by atomic mass is 16.1. The number of hydrogen-bond acceptors (Lipinski definition) is 1. The van der Waals surface area contributed by atoms with Crippen LogP contribution in [0.15, 0.2) is 41.3 Å². The van der Waals surface area contributed by atoms with Crippen molar-refractivity contribution in [3.8, 4) is 0 Å². The molecule has 2 aliphatic rings. The van der Waals surface area contributed by atoms with Crippen molar-refractivity contribution in [1.29, 1.82) is 0 Å². The maximum Gasteiger partial charge on any atom is 0.224 e. The van der Waals surface area contributed by atoms with E-state index in [4.69, 9.17) is 0 Å². The fourth-order valence-corrected chi connectivity index (χ4v) is 1.33. The summed E-state index contributed by atoms with van der Waals surface area (Å²) in [7, 11) is 0. The second kappa shape index (κ2) is 2.84. The SMILES string of the molecule is O=C1CCC2=CC=C=CC=C2N1. The molecule has 0 radical (unpaired) electrons. The highest BCUT2D eigenvalue weighted by Gasteiger charge is 2.15. The van der Waals surface area contributed by atoms with Gasteiger partial charge in [0.05, 0.1) is 0 Å². The summed E-state index contributed by atoms with van der Waals surface area (Å²) in [6.07, 6.45) is 8.99. The molecule has 1 amide bonds. The largest absolute Gasteiger partial charge is 0.326 e. The lowest BCUT2D eigenvalue weighted by Crippen LogP contribution is -2.28. The van der Waals surface area contributed by atoms with E-state index in [0.29, 0.717) is 6.42 Å². The maximum atomic E-state index is 11.0. The van der Waals surface area contributed by atoms with Gasteiger partial charge in [-0.05, 0) is 36.3 Å². The topological polar surface area (TPSA) is 29.1 Å². The number of amides is 1. The van der Waals surface area contributed by atoms with E-state index in [1.165, 1.54) is 5.57 Å². The van der Waals surface area contributed by atoms with E-state index in [-0.39, 0.29) is 5.91 Å². The van der Waals surface area contributed by atoms with Crippen molar-refractivity contribution in [3.63, 3.8) is 0 Å². The number of nitrogens with one attached hydrogen (secondary N) is 1. The van der Waals surface area contributed by atoms with Crippen LogP contribution >= 0.6 is 0 Å². The molecule has 1 aliphatic heterocycles. The number of rotatable bonds is 0. The fraction of sp³-hybridized carbons (Fsp3) is 0.200. The second-order valence-corrected chi connectivity index (χ2v) is 2.82. The van der Waals surface area contributed by atoms with Gasteiger partial charge in [0.1, 0.15) is 0 Å². The van der Waals surface area contributed by atoms with E-state index in [9.17, 15) is 4.79 Å². The number of piperidine rings is 1. The van der Waals surface area contributed by atoms with E-state index in [1.807, 2.05) is 24.3 Å². The predicted octanol–water partition coefficient (Wildman–Crippen LogP) is 1.43. The lowest BCUT2D eigenvalue weighted by Gasteiger charge is -2.17. The van der Waals surface area contributed by atoms with Gasteiger partial charge in [-0.25, -0.2) is 0 Å². The summed E-state index contributed by atoms with van der Waals surface area (Å²) in [6, 6.07) is 0. The molecule has 1 saturated heterocycles. The Labute approximate surface area is 71.0 Å². The molecule has 1 aliphatic carbocycles. The van der Waals surface area contributed by atoms with Crippen LogP contribution in [0, 0.1) is 0 Å². The molecule has 1 N–H and O–H groups in total. The molecule has 0 aromatic heterocycles. The molecule has 12 heavy (non-hydrogen) atoms. The zero-order valence-electron chi connectivity index (χ0n) is 6.63. The van der Waals surface area contributed by atoms with Crippen molar-refractivity contribution >= 4 is 5.91 Å². The van der Waals surface area contributed by atoms with Crippen molar-refractivity contribution in [3.05, 3.63) is 41.3 Å². The molecule has 0 atom stereocenters. The highest BCUT2D eigenvalue weighted by Crippen LogP contribution is 2.20. The minimum atomic E-state index is 0.105. The molecule has 2 nitrogen and oxygen atoms in total. The van der Waals surface area contributed by atoms with Gasteiger partial charge >= 0.3 is 0 Å². The van der Waals surface area contributed by atoms with Crippen LogP contribution in [0.5, 0.6) is 0 Å². The average Bonchev–Trinajstić information content (AvgIpc) is 2.28. The van der Waals surface area contributed by atoms with Crippen molar-refractivity contribution in [2.75, 3.05) is 0 Å². The number of carbonyl (C=O) groups is 1. The van der Waals surface area contributed by atoms with Crippen molar-refractivity contribution in [2.24, 2.45) is 0 Å². The van der Waals surface area contributed by atoms with Gasteiger partial charge in [-0.1, -0.05) is 0 Å².